The number of nitrogens with zero attached hydrogens (tertiary/aromatic N) is 1. The average Bonchev–Trinajstić information content (AvgIpc) is 3.01. The van der Waals surface area contributed by atoms with E-state index in [4.69, 9.17) is 15.6 Å². The lowest BCUT2D eigenvalue weighted by Gasteiger charge is -2.10. The third kappa shape index (κ3) is 2.07. The van der Waals surface area contributed by atoms with Crippen molar-refractivity contribution < 1.29 is 14.6 Å². The quantitative estimate of drug-likeness (QED) is 0.763. The van der Waals surface area contributed by atoms with Gasteiger partial charge in [0.1, 0.15) is 5.75 Å². The van der Waals surface area contributed by atoms with Crippen molar-refractivity contribution in [2.75, 3.05) is 0 Å². The van der Waals surface area contributed by atoms with E-state index in [1.54, 1.807) is 0 Å². The summed E-state index contributed by atoms with van der Waals surface area (Å²) in [5.41, 5.74) is 6.15. The summed E-state index contributed by atoms with van der Waals surface area (Å²) < 4.78 is 5.53. The van der Waals surface area contributed by atoms with E-state index in [9.17, 15) is 4.79 Å². The van der Waals surface area contributed by atoms with Gasteiger partial charge in [0.25, 0.3) is 0 Å². The van der Waals surface area contributed by atoms with E-state index in [0.29, 0.717) is 11.3 Å². The minimum absolute atomic E-state index is 0.121. The van der Waals surface area contributed by atoms with Crippen molar-refractivity contribution >= 4 is 5.97 Å². The highest BCUT2D eigenvalue weighted by Crippen LogP contribution is 2.29. The molecule has 1 aromatic heterocycles. The van der Waals surface area contributed by atoms with Gasteiger partial charge in [-0.15, -0.1) is 0 Å². The highest BCUT2D eigenvalue weighted by atomic mass is 16.5. The van der Waals surface area contributed by atoms with E-state index in [2.05, 4.69) is 4.98 Å². The molecule has 15 heavy (non-hydrogen) atoms. The van der Waals surface area contributed by atoms with Crippen molar-refractivity contribution in [3.05, 3.63) is 23.5 Å². The molecule has 2 rings (SSSR count). The van der Waals surface area contributed by atoms with Gasteiger partial charge in [-0.3, -0.25) is 4.98 Å². The summed E-state index contributed by atoms with van der Waals surface area (Å²) >= 11 is 0. The second-order valence-corrected chi connectivity index (χ2v) is 3.49. The number of hydrogen-bond acceptors (Lipinski definition) is 4. The SMILES string of the molecule is NCc1c(OC2CC2)cncc1C(=O)O. The Morgan fingerprint density at radius 3 is 2.87 bits per heavy atom. The molecule has 80 valence electrons. The Bertz CT molecular complexity index is 388. The van der Waals surface area contributed by atoms with E-state index in [1.165, 1.54) is 12.4 Å². The van der Waals surface area contributed by atoms with Gasteiger partial charge >= 0.3 is 5.97 Å². The van der Waals surface area contributed by atoms with Crippen LogP contribution in [-0.4, -0.2) is 22.2 Å². The van der Waals surface area contributed by atoms with E-state index >= 15 is 0 Å². The topological polar surface area (TPSA) is 85.4 Å². The van der Waals surface area contributed by atoms with Crippen molar-refractivity contribution in [1.29, 1.82) is 0 Å². The Balaban J connectivity index is 2.34. The third-order valence-corrected chi connectivity index (χ3v) is 2.27. The molecule has 0 spiro atoms. The second kappa shape index (κ2) is 3.86. The number of hydrogen-bond donors (Lipinski definition) is 2. The van der Waals surface area contributed by atoms with Gasteiger partial charge in [-0.2, -0.15) is 0 Å². The number of carboxylic acid groups (broad SMARTS) is 1. The zero-order chi connectivity index (χ0) is 10.8. The molecule has 0 saturated heterocycles. The number of aromatic nitrogens is 1. The molecule has 1 fully saturated rings. The molecule has 5 heteroatoms. The maximum atomic E-state index is 10.9. The number of aromatic carboxylic acids is 1. The largest absolute Gasteiger partial charge is 0.488 e. The van der Waals surface area contributed by atoms with E-state index in [0.717, 1.165) is 12.8 Å². The lowest BCUT2D eigenvalue weighted by atomic mass is 10.1. The summed E-state index contributed by atoms with van der Waals surface area (Å²) in [5, 5.41) is 8.92. The summed E-state index contributed by atoms with van der Waals surface area (Å²) in [6.07, 6.45) is 5.06. The monoisotopic (exact) mass is 208 g/mol. The molecule has 1 aromatic rings. The summed E-state index contributed by atoms with van der Waals surface area (Å²) in [5.74, 6) is -0.524. The maximum Gasteiger partial charge on any atom is 0.337 e. The first-order valence-corrected chi connectivity index (χ1v) is 4.79. The molecule has 1 saturated carbocycles. The highest BCUT2D eigenvalue weighted by molar-refractivity contribution is 5.89. The molecule has 0 bridgehead atoms. The lowest BCUT2D eigenvalue weighted by molar-refractivity contribution is 0.0694. The lowest BCUT2D eigenvalue weighted by Crippen LogP contribution is -2.11. The summed E-state index contributed by atoms with van der Waals surface area (Å²) in [7, 11) is 0. The van der Waals surface area contributed by atoms with Gasteiger partial charge in [-0.1, -0.05) is 0 Å². The Morgan fingerprint density at radius 1 is 1.60 bits per heavy atom. The molecular weight excluding hydrogens is 196 g/mol. The predicted octanol–water partition coefficient (Wildman–Crippen LogP) is 0.780. The molecule has 1 aliphatic carbocycles. The zero-order valence-electron chi connectivity index (χ0n) is 8.14. The van der Waals surface area contributed by atoms with Gasteiger partial charge in [0, 0.05) is 18.3 Å². The van der Waals surface area contributed by atoms with Crippen molar-refractivity contribution in [2.45, 2.75) is 25.5 Å². The highest BCUT2D eigenvalue weighted by Gasteiger charge is 2.25. The molecule has 0 aliphatic heterocycles. The minimum atomic E-state index is -1.02. The van der Waals surface area contributed by atoms with Crippen molar-refractivity contribution in [3.8, 4) is 5.75 Å². The standard InChI is InChI=1S/C10H12N2O3/c11-3-7-8(10(13)14)4-12-5-9(7)15-6-1-2-6/h4-6H,1-3,11H2,(H,13,14). The maximum absolute atomic E-state index is 10.9. The van der Waals surface area contributed by atoms with Crippen LogP contribution in [-0.2, 0) is 6.54 Å². The first-order valence-electron chi connectivity index (χ1n) is 4.79. The molecule has 3 N–H and O–H groups in total. The second-order valence-electron chi connectivity index (χ2n) is 3.49. The van der Waals surface area contributed by atoms with Crippen molar-refractivity contribution in [2.24, 2.45) is 5.73 Å². The summed E-state index contributed by atoms with van der Waals surface area (Å²) in [4.78, 5) is 14.7. The Kier molecular flexibility index (Phi) is 2.55. The van der Waals surface area contributed by atoms with Crippen molar-refractivity contribution in [1.82, 2.24) is 4.98 Å². The number of pyridine rings is 1. The van der Waals surface area contributed by atoms with Crippen LogP contribution in [0.5, 0.6) is 5.75 Å². The molecule has 0 aromatic carbocycles. The number of carboxylic acids is 1. The van der Waals surface area contributed by atoms with Crippen LogP contribution in [0.1, 0.15) is 28.8 Å². The number of ether oxygens (including phenoxy) is 1. The Labute approximate surface area is 86.9 Å². The summed E-state index contributed by atoms with van der Waals surface area (Å²) in [6, 6.07) is 0. The smallest absolute Gasteiger partial charge is 0.337 e. The van der Waals surface area contributed by atoms with Gasteiger partial charge in [-0.25, -0.2) is 4.79 Å². The van der Waals surface area contributed by atoms with Crippen LogP contribution in [0, 0.1) is 0 Å². The van der Waals surface area contributed by atoms with Gasteiger partial charge in [-0.05, 0) is 12.8 Å². The molecule has 0 atom stereocenters. The van der Waals surface area contributed by atoms with Crippen LogP contribution in [0.4, 0.5) is 0 Å². The van der Waals surface area contributed by atoms with E-state index in [-0.39, 0.29) is 18.2 Å². The fourth-order valence-electron chi connectivity index (χ4n) is 1.33. The first-order chi connectivity index (χ1) is 7.22. The predicted molar refractivity (Wildman–Crippen MR) is 52.7 cm³/mol. The Hall–Kier alpha value is -1.62. The van der Waals surface area contributed by atoms with Crippen molar-refractivity contribution in [3.63, 3.8) is 0 Å². The van der Waals surface area contributed by atoms with Crippen LogP contribution >= 0.6 is 0 Å². The normalized spacial score (nSPS) is 15.0. The molecule has 5 nitrogen and oxygen atoms in total. The van der Waals surface area contributed by atoms with Crippen LogP contribution < -0.4 is 10.5 Å². The fourth-order valence-corrected chi connectivity index (χ4v) is 1.33. The van der Waals surface area contributed by atoms with Gasteiger partial charge in [0.2, 0.25) is 0 Å². The van der Waals surface area contributed by atoms with Crippen LogP contribution in [0.2, 0.25) is 0 Å². The molecule has 1 aliphatic rings. The van der Waals surface area contributed by atoms with Crippen LogP contribution in [0.15, 0.2) is 12.4 Å². The number of carbonyl (C=O) groups is 1. The van der Waals surface area contributed by atoms with E-state index in [1.807, 2.05) is 0 Å². The Morgan fingerprint density at radius 2 is 2.33 bits per heavy atom. The molecule has 0 unspecified atom stereocenters. The number of rotatable bonds is 4. The molecule has 0 amide bonds. The first kappa shape index (κ1) is 9.92. The summed E-state index contributed by atoms with van der Waals surface area (Å²) in [6.45, 7) is 0.145. The van der Waals surface area contributed by atoms with E-state index < -0.39 is 5.97 Å². The van der Waals surface area contributed by atoms with Gasteiger partial charge in [0.15, 0.2) is 0 Å². The third-order valence-electron chi connectivity index (χ3n) is 2.27. The molecule has 1 heterocycles. The van der Waals surface area contributed by atoms with Crippen LogP contribution in [0.25, 0.3) is 0 Å². The van der Waals surface area contributed by atoms with Crippen LogP contribution in [0.3, 0.4) is 0 Å². The zero-order valence-corrected chi connectivity index (χ0v) is 8.14. The van der Waals surface area contributed by atoms with Gasteiger partial charge < -0.3 is 15.6 Å². The average molecular weight is 208 g/mol. The molecular formula is C10H12N2O3. The fraction of sp³-hybridized carbons (Fsp3) is 0.400. The van der Waals surface area contributed by atoms with Gasteiger partial charge in [0.05, 0.1) is 17.9 Å². The minimum Gasteiger partial charge on any atom is -0.488 e. The molecule has 0 radical (unpaired) electrons. The number of nitrogens with two attached hydrogens (primary N) is 1.